The normalized spacial score (nSPS) is 17.1. The summed E-state index contributed by atoms with van der Waals surface area (Å²) in [7, 11) is 2.11. The summed E-state index contributed by atoms with van der Waals surface area (Å²) < 4.78 is 0. The molecule has 1 atom stereocenters. The van der Waals surface area contributed by atoms with Gasteiger partial charge in [-0.15, -0.1) is 0 Å². The third-order valence-electron chi connectivity index (χ3n) is 5.30. The monoisotopic (exact) mass is 435 g/mol. The molecule has 2 aromatic carbocycles. The van der Waals surface area contributed by atoms with Crippen molar-refractivity contribution in [3.8, 4) is 5.75 Å². The van der Waals surface area contributed by atoms with Gasteiger partial charge < -0.3 is 10.0 Å². The van der Waals surface area contributed by atoms with E-state index < -0.39 is 0 Å². The largest absolute Gasteiger partial charge is 0.505 e. The summed E-state index contributed by atoms with van der Waals surface area (Å²) in [6, 6.07) is 10.7. The van der Waals surface area contributed by atoms with E-state index >= 15 is 0 Å². The molecular formula is C21H20Cl3N3O. The fraction of sp³-hybridized carbons (Fsp3) is 0.286. The summed E-state index contributed by atoms with van der Waals surface area (Å²) in [4.78, 5) is 8.96. The zero-order chi connectivity index (χ0) is 19.8. The summed E-state index contributed by atoms with van der Waals surface area (Å²) in [5.74, 6) is 0.134. The maximum Gasteiger partial charge on any atom is 0.147 e. The van der Waals surface area contributed by atoms with Crippen molar-refractivity contribution >= 4 is 45.7 Å². The molecule has 0 aliphatic carbocycles. The Kier molecular flexibility index (Phi) is 5.68. The van der Waals surface area contributed by atoms with Crippen molar-refractivity contribution in [3.05, 3.63) is 68.8 Å². The van der Waals surface area contributed by atoms with E-state index in [4.69, 9.17) is 34.8 Å². The molecule has 0 saturated carbocycles. The first-order chi connectivity index (χ1) is 13.5. The topological polar surface area (TPSA) is 39.6 Å². The average molecular weight is 437 g/mol. The second kappa shape index (κ2) is 8.05. The van der Waals surface area contributed by atoms with Crippen LogP contribution in [0, 0.1) is 0 Å². The second-order valence-corrected chi connectivity index (χ2v) is 8.35. The van der Waals surface area contributed by atoms with Gasteiger partial charge in [-0.3, -0.25) is 9.88 Å². The summed E-state index contributed by atoms with van der Waals surface area (Å²) in [5.41, 5.74) is 2.08. The molecule has 0 radical (unpaired) electrons. The van der Waals surface area contributed by atoms with Crippen LogP contribution in [0.4, 0.5) is 0 Å². The molecule has 1 fully saturated rings. The molecule has 4 rings (SSSR count). The van der Waals surface area contributed by atoms with Gasteiger partial charge in [0, 0.05) is 53.4 Å². The fourth-order valence-corrected chi connectivity index (χ4v) is 4.56. The van der Waals surface area contributed by atoms with E-state index in [-0.39, 0.29) is 11.8 Å². The van der Waals surface area contributed by atoms with Crippen LogP contribution >= 0.6 is 34.8 Å². The van der Waals surface area contributed by atoms with Crippen LogP contribution < -0.4 is 0 Å². The van der Waals surface area contributed by atoms with E-state index in [0.717, 1.165) is 37.1 Å². The van der Waals surface area contributed by atoms with E-state index in [0.29, 0.717) is 26.1 Å². The predicted octanol–water partition coefficient (Wildman–Crippen LogP) is 5.24. The van der Waals surface area contributed by atoms with Crippen molar-refractivity contribution in [2.24, 2.45) is 0 Å². The highest BCUT2D eigenvalue weighted by Gasteiger charge is 2.30. The Morgan fingerprint density at radius 1 is 0.964 bits per heavy atom. The molecule has 2 heterocycles. The molecule has 1 saturated heterocycles. The Labute approximate surface area is 179 Å². The Morgan fingerprint density at radius 3 is 2.43 bits per heavy atom. The number of nitrogens with zero attached hydrogens (tertiary/aromatic N) is 3. The fourth-order valence-electron chi connectivity index (χ4n) is 3.78. The predicted molar refractivity (Wildman–Crippen MR) is 116 cm³/mol. The highest BCUT2D eigenvalue weighted by atomic mass is 35.5. The van der Waals surface area contributed by atoms with Gasteiger partial charge in [0.2, 0.25) is 0 Å². The van der Waals surface area contributed by atoms with Gasteiger partial charge in [-0.05, 0) is 42.9 Å². The molecule has 146 valence electrons. The molecule has 1 aromatic heterocycles. The van der Waals surface area contributed by atoms with Crippen LogP contribution in [0.5, 0.6) is 5.75 Å². The molecule has 3 aromatic rings. The Hall–Kier alpha value is -1.56. The van der Waals surface area contributed by atoms with Gasteiger partial charge in [0.15, 0.2) is 0 Å². The molecule has 28 heavy (non-hydrogen) atoms. The van der Waals surface area contributed by atoms with Gasteiger partial charge in [0.25, 0.3) is 0 Å². The summed E-state index contributed by atoms with van der Waals surface area (Å²) in [6.45, 7) is 3.55. The number of hydrogen-bond donors (Lipinski definition) is 1. The number of phenolic OH excluding ortho intramolecular Hbond substituents is 1. The van der Waals surface area contributed by atoms with Gasteiger partial charge in [0.05, 0.1) is 11.1 Å². The van der Waals surface area contributed by atoms with Crippen LogP contribution in [0.1, 0.15) is 17.2 Å². The Bertz CT molecular complexity index is 1020. The lowest BCUT2D eigenvalue weighted by Gasteiger charge is -2.39. The first kappa shape index (κ1) is 19.7. The van der Waals surface area contributed by atoms with E-state index in [1.807, 2.05) is 24.3 Å². The number of likely N-dealkylation sites (N-methyl/N-ethyl adjacent to an activating group) is 1. The molecular weight excluding hydrogens is 417 g/mol. The third kappa shape index (κ3) is 3.68. The van der Waals surface area contributed by atoms with Crippen LogP contribution in [0.2, 0.25) is 15.1 Å². The minimum Gasteiger partial charge on any atom is -0.505 e. The molecule has 0 unspecified atom stereocenters. The van der Waals surface area contributed by atoms with Crippen LogP contribution in [-0.2, 0) is 0 Å². The number of piperazine rings is 1. The highest BCUT2D eigenvalue weighted by Crippen LogP contribution is 2.43. The number of phenols is 1. The first-order valence-corrected chi connectivity index (χ1v) is 10.2. The van der Waals surface area contributed by atoms with Crippen molar-refractivity contribution in [1.29, 1.82) is 0 Å². The number of pyridine rings is 1. The maximum absolute atomic E-state index is 11.1. The van der Waals surface area contributed by atoms with Crippen molar-refractivity contribution in [3.63, 3.8) is 0 Å². The van der Waals surface area contributed by atoms with E-state index in [2.05, 4.69) is 21.8 Å². The van der Waals surface area contributed by atoms with Crippen molar-refractivity contribution in [2.45, 2.75) is 6.04 Å². The number of fused-ring (bicyclic) bond motifs is 1. The van der Waals surface area contributed by atoms with Gasteiger partial charge in [-0.25, -0.2) is 0 Å². The number of aromatic hydroxyl groups is 1. The minimum atomic E-state index is -0.248. The summed E-state index contributed by atoms with van der Waals surface area (Å²) in [6.07, 6.45) is 1.66. The summed E-state index contributed by atoms with van der Waals surface area (Å²) >= 11 is 19.3. The lowest BCUT2D eigenvalue weighted by Crippen LogP contribution is -2.46. The smallest absolute Gasteiger partial charge is 0.147 e. The molecule has 0 amide bonds. The van der Waals surface area contributed by atoms with E-state index in [9.17, 15) is 5.11 Å². The lowest BCUT2D eigenvalue weighted by molar-refractivity contribution is 0.126. The van der Waals surface area contributed by atoms with Crippen molar-refractivity contribution in [1.82, 2.24) is 14.8 Å². The van der Waals surface area contributed by atoms with Crippen molar-refractivity contribution < 1.29 is 5.11 Å². The number of benzene rings is 2. The number of hydrogen-bond acceptors (Lipinski definition) is 4. The molecule has 4 nitrogen and oxygen atoms in total. The Balaban J connectivity index is 1.91. The van der Waals surface area contributed by atoms with Gasteiger partial charge in [-0.1, -0.05) is 40.9 Å². The zero-order valence-corrected chi connectivity index (χ0v) is 17.6. The standard InChI is InChI=1S/C21H20Cl3N3O/c1-26-7-9-27(10-8-26)20(15-5-4-13(22)11-17(15)23)16-12-18(24)14-3-2-6-25-19(14)21(16)28/h2-6,11-12,20,28H,7-10H2,1H3/t20-/m0/s1. The third-order valence-corrected chi connectivity index (χ3v) is 6.17. The van der Waals surface area contributed by atoms with Gasteiger partial charge in [0.1, 0.15) is 11.3 Å². The van der Waals surface area contributed by atoms with Crippen LogP contribution in [0.3, 0.4) is 0 Å². The quantitative estimate of drug-likeness (QED) is 0.609. The van der Waals surface area contributed by atoms with Gasteiger partial charge >= 0.3 is 0 Å². The molecule has 1 aliphatic rings. The zero-order valence-electron chi connectivity index (χ0n) is 15.4. The van der Waals surface area contributed by atoms with E-state index in [1.165, 1.54) is 0 Å². The second-order valence-electron chi connectivity index (χ2n) is 7.10. The number of aromatic nitrogens is 1. The van der Waals surface area contributed by atoms with Gasteiger partial charge in [-0.2, -0.15) is 0 Å². The Morgan fingerprint density at radius 2 is 1.71 bits per heavy atom. The minimum absolute atomic E-state index is 0.134. The molecule has 7 heteroatoms. The van der Waals surface area contributed by atoms with Crippen molar-refractivity contribution in [2.75, 3.05) is 33.2 Å². The molecule has 1 N–H and O–H groups in total. The highest BCUT2D eigenvalue weighted by molar-refractivity contribution is 6.36. The van der Waals surface area contributed by atoms with E-state index in [1.54, 1.807) is 18.3 Å². The van der Waals surface area contributed by atoms with Crippen LogP contribution in [0.25, 0.3) is 10.9 Å². The number of rotatable bonds is 3. The van der Waals surface area contributed by atoms with Crippen LogP contribution in [-0.4, -0.2) is 53.1 Å². The maximum atomic E-state index is 11.1. The summed E-state index contributed by atoms with van der Waals surface area (Å²) in [5, 5.41) is 13.5. The lowest BCUT2D eigenvalue weighted by atomic mass is 9.94. The molecule has 0 bridgehead atoms. The SMILES string of the molecule is CN1CCN([C@@H](c2ccc(Cl)cc2Cl)c2cc(Cl)c3cccnc3c2O)CC1. The van der Waals surface area contributed by atoms with Crippen LogP contribution in [0.15, 0.2) is 42.6 Å². The molecule has 1 aliphatic heterocycles. The molecule has 0 spiro atoms. The average Bonchev–Trinajstić information content (AvgIpc) is 2.69. The first-order valence-electron chi connectivity index (χ1n) is 9.09. The number of halogens is 3.